The molecule has 0 fully saturated rings. The largest absolute Gasteiger partial charge is 0.375 e. The summed E-state index contributed by atoms with van der Waals surface area (Å²) in [6.45, 7) is 2.70. The van der Waals surface area contributed by atoms with Gasteiger partial charge in [0.2, 0.25) is 5.91 Å². The molecule has 48 valence electrons. The monoisotopic (exact) mass is 117 g/mol. The number of likely N-dealkylation sites (N-methyl/N-ethyl adjacent to an activating group) is 1. The second-order valence-electron chi connectivity index (χ2n) is 1.39. The second kappa shape index (κ2) is 4.59. The number of carbonyl (C=O) groups excluding carboxylic acids is 1. The Bertz CT molecular complexity index is 64.8. The number of methoxy groups -OCH3 is 1. The molecule has 0 spiro atoms. The Morgan fingerprint density at radius 1 is 1.75 bits per heavy atom. The molecule has 3 heteroatoms. The third-order valence-corrected chi connectivity index (χ3v) is 0.649. The summed E-state index contributed by atoms with van der Waals surface area (Å²) >= 11 is 0. The lowest BCUT2D eigenvalue weighted by Crippen LogP contribution is -2.26. The number of hydrogen-bond acceptors (Lipinski definition) is 2. The topological polar surface area (TPSA) is 38.3 Å². The minimum Gasteiger partial charge on any atom is -0.375 e. The van der Waals surface area contributed by atoms with E-state index in [2.05, 4.69) is 10.1 Å². The lowest BCUT2D eigenvalue weighted by Gasteiger charge is -1.97. The minimum absolute atomic E-state index is 0.0602. The molecule has 1 amide bonds. The highest BCUT2D eigenvalue weighted by atomic mass is 16.5. The van der Waals surface area contributed by atoms with E-state index < -0.39 is 0 Å². The number of amides is 1. The summed E-state index contributed by atoms with van der Waals surface area (Å²) in [7, 11) is 1.50. The van der Waals surface area contributed by atoms with Gasteiger partial charge >= 0.3 is 0 Å². The number of hydrogen-bond donors (Lipinski definition) is 1. The first-order chi connectivity index (χ1) is 3.81. The van der Waals surface area contributed by atoms with Gasteiger partial charge in [-0.05, 0) is 6.92 Å². The zero-order chi connectivity index (χ0) is 6.41. The molecule has 0 aliphatic heterocycles. The fraction of sp³-hybridized carbons (Fsp3) is 0.800. The maximum Gasteiger partial charge on any atom is 0.245 e. The van der Waals surface area contributed by atoms with Crippen molar-refractivity contribution in [3.63, 3.8) is 0 Å². The molecule has 0 radical (unpaired) electrons. The Morgan fingerprint density at radius 2 is 2.38 bits per heavy atom. The van der Waals surface area contributed by atoms with E-state index in [4.69, 9.17) is 0 Å². The van der Waals surface area contributed by atoms with Crippen LogP contribution in [0.5, 0.6) is 0 Å². The van der Waals surface area contributed by atoms with Crippen LogP contribution in [0.1, 0.15) is 6.92 Å². The first kappa shape index (κ1) is 7.43. The van der Waals surface area contributed by atoms with Gasteiger partial charge in [0.05, 0.1) is 0 Å². The summed E-state index contributed by atoms with van der Waals surface area (Å²) in [5.41, 5.74) is 0. The van der Waals surface area contributed by atoms with Crippen molar-refractivity contribution < 1.29 is 9.53 Å². The van der Waals surface area contributed by atoms with Crippen LogP contribution in [0, 0.1) is 0 Å². The molecule has 1 N–H and O–H groups in total. The minimum atomic E-state index is -0.0602. The summed E-state index contributed by atoms with van der Waals surface area (Å²) in [6.07, 6.45) is 0. The molecule has 0 aromatic rings. The summed E-state index contributed by atoms with van der Waals surface area (Å²) < 4.78 is 4.54. The molecule has 0 aliphatic rings. The van der Waals surface area contributed by atoms with E-state index in [1.807, 2.05) is 6.92 Å². The van der Waals surface area contributed by atoms with Crippen LogP contribution in [0.4, 0.5) is 0 Å². The Morgan fingerprint density at radius 3 is 2.75 bits per heavy atom. The highest BCUT2D eigenvalue weighted by Crippen LogP contribution is 1.65. The van der Waals surface area contributed by atoms with Crippen LogP contribution in [0.2, 0.25) is 0 Å². The molecule has 0 atom stereocenters. The van der Waals surface area contributed by atoms with Gasteiger partial charge in [-0.25, -0.2) is 0 Å². The van der Waals surface area contributed by atoms with Crippen LogP contribution in [-0.2, 0) is 9.53 Å². The standard InChI is InChI=1S/C5H11NO2/c1-3-6-5(7)4-8-2/h3-4H2,1-2H3,(H,6,7). The number of carbonyl (C=O) groups is 1. The maximum atomic E-state index is 10.4. The lowest BCUT2D eigenvalue weighted by atomic mass is 10.6. The highest BCUT2D eigenvalue weighted by molar-refractivity contribution is 5.76. The second-order valence-corrected chi connectivity index (χ2v) is 1.39. The molecule has 0 rings (SSSR count). The van der Waals surface area contributed by atoms with E-state index in [1.54, 1.807) is 0 Å². The number of rotatable bonds is 3. The van der Waals surface area contributed by atoms with Crippen molar-refractivity contribution in [3.8, 4) is 0 Å². The molecule has 0 aliphatic carbocycles. The van der Waals surface area contributed by atoms with Crippen molar-refractivity contribution in [2.75, 3.05) is 20.3 Å². The molecule has 0 saturated heterocycles. The van der Waals surface area contributed by atoms with Crippen LogP contribution in [0.25, 0.3) is 0 Å². The molecule has 0 heterocycles. The fourth-order valence-corrected chi connectivity index (χ4v) is 0.379. The van der Waals surface area contributed by atoms with Crippen molar-refractivity contribution in [2.45, 2.75) is 6.92 Å². The first-order valence-electron chi connectivity index (χ1n) is 2.57. The van der Waals surface area contributed by atoms with Gasteiger partial charge in [-0.15, -0.1) is 0 Å². The average molecular weight is 117 g/mol. The summed E-state index contributed by atoms with van der Waals surface area (Å²) in [6, 6.07) is 0. The van der Waals surface area contributed by atoms with Gasteiger partial charge in [0.25, 0.3) is 0 Å². The Labute approximate surface area is 49.0 Å². The van der Waals surface area contributed by atoms with E-state index in [-0.39, 0.29) is 12.5 Å². The highest BCUT2D eigenvalue weighted by Gasteiger charge is 1.93. The number of ether oxygens (including phenoxy) is 1. The van der Waals surface area contributed by atoms with Gasteiger partial charge < -0.3 is 10.1 Å². The van der Waals surface area contributed by atoms with Crippen LogP contribution in [0.3, 0.4) is 0 Å². The average Bonchev–Trinajstić information content (AvgIpc) is 1.68. The van der Waals surface area contributed by atoms with E-state index in [1.165, 1.54) is 7.11 Å². The molecule has 0 aromatic heterocycles. The normalized spacial score (nSPS) is 8.75. The van der Waals surface area contributed by atoms with Crippen molar-refractivity contribution in [1.29, 1.82) is 0 Å². The van der Waals surface area contributed by atoms with E-state index >= 15 is 0 Å². The van der Waals surface area contributed by atoms with Crippen LogP contribution in [0.15, 0.2) is 0 Å². The maximum absolute atomic E-state index is 10.4. The van der Waals surface area contributed by atoms with Crippen LogP contribution >= 0.6 is 0 Å². The van der Waals surface area contributed by atoms with Crippen LogP contribution in [-0.4, -0.2) is 26.2 Å². The van der Waals surface area contributed by atoms with Gasteiger partial charge in [-0.3, -0.25) is 4.79 Å². The molecule has 0 bridgehead atoms. The van der Waals surface area contributed by atoms with Gasteiger partial charge in [0.15, 0.2) is 0 Å². The zero-order valence-corrected chi connectivity index (χ0v) is 5.23. The van der Waals surface area contributed by atoms with Gasteiger partial charge in [0, 0.05) is 13.7 Å². The van der Waals surface area contributed by atoms with Crippen molar-refractivity contribution in [3.05, 3.63) is 0 Å². The molecular formula is C5H11NO2. The third-order valence-electron chi connectivity index (χ3n) is 0.649. The van der Waals surface area contributed by atoms with E-state index in [9.17, 15) is 4.79 Å². The number of nitrogens with one attached hydrogen (secondary N) is 1. The van der Waals surface area contributed by atoms with Crippen molar-refractivity contribution >= 4 is 5.91 Å². The summed E-state index contributed by atoms with van der Waals surface area (Å²) in [5.74, 6) is -0.0602. The van der Waals surface area contributed by atoms with Crippen LogP contribution < -0.4 is 5.32 Å². The SMILES string of the molecule is CCNC(=O)COC. The summed E-state index contributed by atoms with van der Waals surface area (Å²) in [5, 5.41) is 2.58. The van der Waals surface area contributed by atoms with Gasteiger partial charge in [0.1, 0.15) is 6.61 Å². The first-order valence-corrected chi connectivity index (χ1v) is 2.57. The Balaban J connectivity index is 3.06. The summed E-state index contributed by atoms with van der Waals surface area (Å²) in [4.78, 5) is 10.4. The predicted molar refractivity (Wildman–Crippen MR) is 30.6 cm³/mol. The van der Waals surface area contributed by atoms with Gasteiger partial charge in [-0.1, -0.05) is 0 Å². The van der Waals surface area contributed by atoms with E-state index in [0.717, 1.165) is 0 Å². The molecule has 0 unspecified atom stereocenters. The molecule has 0 aromatic carbocycles. The zero-order valence-electron chi connectivity index (χ0n) is 5.23. The fourth-order valence-electron chi connectivity index (χ4n) is 0.379. The van der Waals surface area contributed by atoms with Gasteiger partial charge in [-0.2, -0.15) is 0 Å². The predicted octanol–water partition coefficient (Wildman–Crippen LogP) is -0.231. The molecule has 8 heavy (non-hydrogen) atoms. The quantitative estimate of drug-likeness (QED) is 0.554. The molecule has 3 nitrogen and oxygen atoms in total. The molecule has 0 saturated carbocycles. The molecular weight excluding hydrogens is 106 g/mol. The smallest absolute Gasteiger partial charge is 0.245 e. The Hall–Kier alpha value is -0.570. The third kappa shape index (κ3) is 3.61. The van der Waals surface area contributed by atoms with Crippen molar-refractivity contribution in [1.82, 2.24) is 5.32 Å². The Kier molecular flexibility index (Phi) is 4.26. The van der Waals surface area contributed by atoms with E-state index in [0.29, 0.717) is 6.54 Å². The lowest BCUT2D eigenvalue weighted by molar-refractivity contribution is -0.124. The van der Waals surface area contributed by atoms with Crippen molar-refractivity contribution in [2.24, 2.45) is 0 Å².